The molecule has 1 amide bonds. The summed E-state index contributed by atoms with van der Waals surface area (Å²) in [5.41, 5.74) is 3.42. The third-order valence-corrected chi connectivity index (χ3v) is 4.99. The molecule has 0 aliphatic rings. The molecule has 1 aromatic heterocycles. The second kappa shape index (κ2) is 8.66. The number of para-hydroxylation sites is 1. The average Bonchev–Trinajstić information content (AvgIpc) is 2.78. The number of rotatable bonds is 6. The van der Waals surface area contributed by atoms with Crippen LogP contribution in [-0.4, -0.2) is 18.0 Å². The van der Waals surface area contributed by atoms with Gasteiger partial charge in [-0.05, 0) is 60.5 Å². The van der Waals surface area contributed by atoms with Crippen LogP contribution in [0.3, 0.4) is 0 Å². The number of methoxy groups -OCH3 is 1. The standard InChI is InChI=1S/C25H22N2O3/c1-17-19(8-6-12-23(17)29-2)16-27-25(28)18-7-5-9-20(15-18)30-24-13-14-26-22-11-4-3-10-21(22)24/h3-15H,16H2,1-2H3,(H,27,28). The molecule has 5 heteroatoms. The number of ether oxygens (including phenoxy) is 2. The summed E-state index contributed by atoms with van der Waals surface area (Å²) >= 11 is 0. The van der Waals surface area contributed by atoms with Gasteiger partial charge in [0.2, 0.25) is 0 Å². The van der Waals surface area contributed by atoms with Gasteiger partial charge in [0.1, 0.15) is 17.2 Å². The Morgan fingerprint density at radius 2 is 1.80 bits per heavy atom. The molecule has 0 radical (unpaired) electrons. The van der Waals surface area contributed by atoms with Gasteiger partial charge in [-0.25, -0.2) is 0 Å². The van der Waals surface area contributed by atoms with E-state index < -0.39 is 0 Å². The third-order valence-electron chi connectivity index (χ3n) is 4.99. The number of aromatic nitrogens is 1. The number of fused-ring (bicyclic) bond motifs is 1. The fourth-order valence-electron chi connectivity index (χ4n) is 3.34. The van der Waals surface area contributed by atoms with Crippen LogP contribution >= 0.6 is 0 Å². The predicted molar refractivity (Wildman–Crippen MR) is 117 cm³/mol. The van der Waals surface area contributed by atoms with Gasteiger partial charge in [0.05, 0.1) is 12.6 Å². The molecule has 150 valence electrons. The Kier molecular flexibility index (Phi) is 5.61. The van der Waals surface area contributed by atoms with Crippen molar-refractivity contribution in [3.63, 3.8) is 0 Å². The molecule has 0 aliphatic carbocycles. The van der Waals surface area contributed by atoms with Gasteiger partial charge in [-0.1, -0.05) is 30.3 Å². The maximum atomic E-state index is 12.7. The van der Waals surface area contributed by atoms with E-state index in [-0.39, 0.29) is 5.91 Å². The minimum absolute atomic E-state index is 0.165. The first-order valence-corrected chi connectivity index (χ1v) is 9.68. The van der Waals surface area contributed by atoms with E-state index >= 15 is 0 Å². The van der Waals surface area contributed by atoms with Gasteiger partial charge < -0.3 is 14.8 Å². The third kappa shape index (κ3) is 4.10. The van der Waals surface area contributed by atoms with Crippen LogP contribution in [-0.2, 0) is 6.54 Å². The lowest BCUT2D eigenvalue weighted by Crippen LogP contribution is -2.23. The smallest absolute Gasteiger partial charge is 0.251 e. The van der Waals surface area contributed by atoms with Crippen LogP contribution in [0.25, 0.3) is 10.9 Å². The molecule has 0 unspecified atom stereocenters. The van der Waals surface area contributed by atoms with Gasteiger partial charge in [0, 0.05) is 23.7 Å². The van der Waals surface area contributed by atoms with Gasteiger partial charge in [-0.3, -0.25) is 9.78 Å². The van der Waals surface area contributed by atoms with Crippen molar-refractivity contribution in [3.8, 4) is 17.2 Å². The molecule has 1 heterocycles. The Morgan fingerprint density at radius 3 is 2.67 bits per heavy atom. The van der Waals surface area contributed by atoms with E-state index in [1.165, 1.54) is 0 Å². The second-order valence-corrected chi connectivity index (χ2v) is 6.88. The van der Waals surface area contributed by atoms with Crippen molar-refractivity contribution in [2.45, 2.75) is 13.5 Å². The van der Waals surface area contributed by atoms with E-state index in [9.17, 15) is 4.79 Å². The first kappa shape index (κ1) is 19.5. The number of benzene rings is 3. The van der Waals surface area contributed by atoms with Crippen molar-refractivity contribution < 1.29 is 14.3 Å². The average molecular weight is 398 g/mol. The maximum Gasteiger partial charge on any atom is 0.251 e. The summed E-state index contributed by atoms with van der Waals surface area (Å²) in [4.78, 5) is 17.0. The molecule has 4 rings (SSSR count). The normalized spacial score (nSPS) is 10.6. The molecule has 3 aromatic carbocycles. The zero-order valence-corrected chi connectivity index (χ0v) is 16.9. The number of hydrogen-bond acceptors (Lipinski definition) is 4. The summed E-state index contributed by atoms with van der Waals surface area (Å²) in [6.45, 7) is 2.40. The van der Waals surface area contributed by atoms with Crippen LogP contribution in [0.5, 0.6) is 17.2 Å². The van der Waals surface area contributed by atoms with E-state index in [0.717, 1.165) is 27.8 Å². The molecule has 0 atom stereocenters. The lowest BCUT2D eigenvalue weighted by molar-refractivity contribution is 0.0950. The van der Waals surface area contributed by atoms with Crippen molar-refractivity contribution >= 4 is 16.8 Å². The van der Waals surface area contributed by atoms with Gasteiger partial charge >= 0.3 is 0 Å². The van der Waals surface area contributed by atoms with Crippen LogP contribution < -0.4 is 14.8 Å². The Balaban J connectivity index is 1.50. The van der Waals surface area contributed by atoms with Crippen molar-refractivity contribution in [1.82, 2.24) is 10.3 Å². The Hall–Kier alpha value is -3.86. The molecule has 4 aromatic rings. The summed E-state index contributed by atoms with van der Waals surface area (Å²) in [7, 11) is 1.64. The fraction of sp³-hybridized carbons (Fsp3) is 0.120. The van der Waals surface area contributed by atoms with E-state index in [1.54, 1.807) is 25.4 Å². The zero-order valence-electron chi connectivity index (χ0n) is 16.9. The molecule has 5 nitrogen and oxygen atoms in total. The monoisotopic (exact) mass is 398 g/mol. The highest BCUT2D eigenvalue weighted by molar-refractivity contribution is 5.94. The van der Waals surface area contributed by atoms with E-state index in [1.807, 2.05) is 67.6 Å². The Labute approximate surface area is 175 Å². The van der Waals surface area contributed by atoms with Crippen molar-refractivity contribution in [2.75, 3.05) is 7.11 Å². The van der Waals surface area contributed by atoms with Gasteiger partial charge in [0.25, 0.3) is 5.91 Å². The van der Waals surface area contributed by atoms with Crippen molar-refractivity contribution in [1.29, 1.82) is 0 Å². The van der Waals surface area contributed by atoms with E-state index in [4.69, 9.17) is 9.47 Å². The van der Waals surface area contributed by atoms with Gasteiger partial charge in [-0.15, -0.1) is 0 Å². The van der Waals surface area contributed by atoms with Crippen LogP contribution in [0.2, 0.25) is 0 Å². The van der Waals surface area contributed by atoms with Gasteiger partial charge in [0.15, 0.2) is 0 Å². The second-order valence-electron chi connectivity index (χ2n) is 6.88. The van der Waals surface area contributed by atoms with E-state index in [0.29, 0.717) is 23.6 Å². The molecule has 0 fully saturated rings. The summed E-state index contributed by atoms with van der Waals surface area (Å²) in [6, 6.07) is 22.6. The van der Waals surface area contributed by atoms with Crippen LogP contribution in [0, 0.1) is 6.92 Å². The molecule has 0 aliphatic heterocycles. The molecular weight excluding hydrogens is 376 g/mol. The van der Waals surface area contributed by atoms with E-state index in [2.05, 4.69) is 10.3 Å². The Bertz CT molecular complexity index is 1200. The molecule has 0 saturated heterocycles. The number of nitrogens with one attached hydrogen (secondary N) is 1. The number of nitrogens with zero attached hydrogens (tertiary/aromatic N) is 1. The largest absolute Gasteiger partial charge is 0.496 e. The highest BCUT2D eigenvalue weighted by atomic mass is 16.5. The first-order chi connectivity index (χ1) is 14.7. The summed E-state index contributed by atoms with van der Waals surface area (Å²) in [5.74, 6) is 1.94. The van der Waals surface area contributed by atoms with Crippen molar-refractivity contribution in [2.24, 2.45) is 0 Å². The highest BCUT2D eigenvalue weighted by Gasteiger charge is 2.10. The molecule has 0 bridgehead atoms. The number of pyridine rings is 1. The molecule has 1 N–H and O–H groups in total. The summed E-state index contributed by atoms with van der Waals surface area (Å²) in [6.07, 6.45) is 1.71. The molecule has 30 heavy (non-hydrogen) atoms. The number of carbonyl (C=O) groups is 1. The predicted octanol–water partition coefficient (Wildman–Crippen LogP) is 5.27. The number of carbonyl (C=O) groups excluding carboxylic acids is 1. The lowest BCUT2D eigenvalue weighted by Gasteiger charge is -2.12. The van der Waals surface area contributed by atoms with Gasteiger partial charge in [-0.2, -0.15) is 0 Å². The number of amides is 1. The summed E-state index contributed by atoms with van der Waals surface area (Å²) < 4.78 is 11.4. The minimum Gasteiger partial charge on any atom is -0.496 e. The molecule has 0 saturated carbocycles. The topological polar surface area (TPSA) is 60.5 Å². The Morgan fingerprint density at radius 1 is 0.967 bits per heavy atom. The zero-order chi connectivity index (χ0) is 20.9. The molecule has 0 spiro atoms. The minimum atomic E-state index is -0.165. The van der Waals surface area contributed by atoms with Crippen molar-refractivity contribution in [3.05, 3.63) is 95.7 Å². The van der Waals surface area contributed by atoms with Crippen LogP contribution in [0.15, 0.2) is 79.0 Å². The fourth-order valence-corrected chi connectivity index (χ4v) is 3.34. The van der Waals surface area contributed by atoms with Crippen LogP contribution in [0.4, 0.5) is 0 Å². The lowest BCUT2D eigenvalue weighted by atomic mass is 10.1. The highest BCUT2D eigenvalue weighted by Crippen LogP contribution is 2.29. The van der Waals surface area contributed by atoms with Crippen LogP contribution in [0.1, 0.15) is 21.5 Å². The SMILES string of the molecule is COc1cccc(CNC(=O)c2cccc(Oc3ccnc4ccccc34)c2)c1C. The summed E-state index contributed by atoms with van der Waals surface area (Å²) in [5, 5.41) is 3.89. The number of hydrogen-bond donors (Lipinski definition) is 1. The first-order valence-electron chi connectivity index (χ1n) is 9.68. The quantitative estimate of drug-likeness (QED) is 0.480. The molecular formula is C25H22N2O3. The maximum absolute atomic E-state index is 12.7.